The number of hydrogen-bond acceptors (Lipinski definition) is 9. The Kier molecular flexibility index (Phi) is 5.68. The van der Waals surface area contributed by atoms with Crippen LogP contribution >= 0.6 is 0 Å². The second-order valence-corrected chi connectivity index (χ2v) is 12.7. The zero-order valence-electron chi connectivity index (χ0n) is 22.8. The molecule has 0 spiro atoms. The number of rotatable bonds is 2. The number of nitrogens with two attached hydrogens (primary N) is 1. The molecule has 0 aromatic heterocycles. The molecule has 4 atom stereocenters. The zero-order chi connectivity index (χ0) is 29.1. The molecule has 0 fully saturated rings. The monoisotopic (exact) mass is 543 g/mol. The molecule has 5 rings (SSSR count). The second kappa shape index (κ2) is 8.12. The summed E-state index contributed by atoms with van der Waals surface area (Å²) in [4.78, 5) is 43.0. The highest BCUT2D eigenvalue weighted by Crippen LogP contribution is 2.58. The topological polar surface area (TPSA) is 165 Å². The molecule has 1 heterocycles. The summed E-state index contributed by atoms with van der Waals surface area (Å²) < 4.78 is 16.1. The summed E-state index contributed by atoms with van der Waals surface area (Å²) in [5, 5.41) is 45.4. The number of phenolic OH excluding ortho intramolecular Hbond substituents is 1. The van der Waals surface area contributed by atoms with Gasteiger partial charge in [-0.2, -0.15) is 0 Å². The largest absolute Gasteiger partial charge is 0.510 e. The predicted octanol–water partition coefficient (Wildman–Crippen LogP) is 1.76. The molecular formula is C28H34FN3O7. The van der Waals surface area contributed by atoms with Gasteiger partial charge in [0.25, 0.3) is 5.91 Å². The minimum absolute atomic E-state index is 0.0117. The quantitative estimate of drug-likeness (QED) is 0.350. The van der Waals surface area contributed by atoms with Gasteiger partial charge in [0.1, 0.15) is 28.7 Å². The van der Waals surface area contributed by atoms with Crippen LogP contribution in [-0.4, -0.2) is 79.0 Å². The van der Waals surface area contributed by atoms with Gasteiger partial charge in [-0.1, -0.05) is 6.92 Å². The SMILES string of the molecule is CN(C)[C@@H]1C(O)=C(C(N)=O)C(=O)[C@@]2(O)C(O)=C3C(=O)c4c(O)c5c(c(F)c4C[C@@]3(C)C[C@@H]12)CN(C(C)(C)C)C5. The number of halogens is 1. The Morgan fingerprint density at radius 3 is 2.23 bits per heavy atom. The molecule has 0 saturated carbocycles. The van der Waals surface area contributed by atoms with E-state index in [1.807, 2.05) is 25.7 Å². The number of benzene rings is 1. The number of ketones is 2. The number of hydrogen-bond donors (Lipinski definition) is 5. The first-order valence-corrected chi connectivity index (χ1v) is 12.8. The molecule has 0 unspecified atom stereocenters. The molecule has 0 radical (unpaired) electrons. The molecule has 0 saturated heterocycles. The Balaban J connectivity index is 1.74. The van der Waals surface area contributed by atoms with Crippen molar-refractivity contribution >= 4 is 17.5 Å². The van der Waals surface area contributed by atoms with Crippen molar-refractivity contribution < 1.29 is 39.2 Å². The lowest BCUT2D eigenvalue weighted by Gasteiger charge is -2.53. The van der Waals surface area contributed by atoms with Gasteiger partial charge in [0, 0.05) is 52.2 Å². The molecule has 1 aromatic carbocycles. The number of nitrogens with zero attached hydrogens (tertiary/aromatic N) is 2. The van der Waals surface area contributed by atoms with Gasteiger partial charge in [0.2, 0.25) is 5.78 Å². The number of aliphatic hydroxyl groups is 3. The molecule has 39 heavy (non-hydrogen) atoms. The molecule has 4 aliphatic rings. The zero-order valence-corrected chi connectivity index (χ0v) is 22.8. The van der Waals surface area contributed by atoms with Crippen LogP contribution in [0.4, 0.5) is 4.39 Å². The Bertz CT molecular complexity index is 1440. The normalized spacial score (nSPS) is 30.9. The van der Waals surface area contributed by atoms with E-state index in [1.165, 1.54) is 4.90 Å². The maximum atomic E-state index is 16.1. The summed E-state index contributed by atoms with van der Waals surface area (Å²) in [6.07, 6.45) is -0.228. The average Bonchev–Trinajstić information content (AvgIpc) is 3.26. The fourth-order valence-electron chi connectivity index (χ4n) is 7.07. The van der Waals surface area contributed by atoms with Crippen molar-refractivity contribution in [1.29, 1.82) is 0 Å². The first kappa shape index (κ1) is 27.3. The van der Waals surface area contributed by atoms with Crippen LogP contribution in [0, 0.1) is 17.2 Å². The summed E-state index contributed by atoms with van der Waals surface area (Å²) in [5.74, 6) is -7.30. The van der Waals surface area contributed by atoms with Crippen LogP contribution < -0.4 is 5.73 Å². The van der Waals surface area contributed by atoms with Crippen LogP contribution in [0.15, 0.2) is 22.7 Å². The minimum Gasteiger partial charge on any atom is -0.510 e. The number of carbonyl (C=O) groups is 3. The van der Waals surface area contributed by atoms with E-state index in [4.69, 9.17) is 5.73 Å². The molecule has 1 amide bonds. The lowest BCUT2D eigenvalue weighted by molar-refractivity contribution is -0.150. The van der Waals surface area contributed by atoms with E-state index in [2.05, 4.69) is 0 Å². The van der Waals surface area contributed by atoms with E-state index in [9.17, 15) is 34.8 Å². The smallest absolute Gasteiger partial charge is 0.255 e. The van der Waals surface area contributed by atoms with Crippen LogP contribution in [0.3, 0.4) is 0 Å². The highest BCUT2D eigenvalue weighted by Gasteiger charge is 2.65. The van der Waals surface area contributed by atoms with Gasteiger partial charge in [-0.05, 0) is 47.7 Å². The molecule has 210 valence electrons. The average molecular weight is 544 g/mol. The molecule has 1 aliphatic heterocycles. The number of aliphatic hydroxyl groups excluding tert-OH is 2. The van der Waals surface area contributed by atoms with E-state index in [1.54, 1.807) is 21.0 Å². The second-order valence-electron chi connectivity index (χ2n) is 12.7. The number of phenols is 1. The van der Waals surface area contributed by atoms with Crippen LogP contribution in [-0.2, 0) is 29.1 Å². The van der Waals surface area contributed by atoms with Gasteiger partial charge in [0.15, 0.2) is 11.4 Å². The van der Waals surface area contributed by atoms with Crippen molar-refractivity contribution in [3.05, 3.63) is 50.7 Å². The summed E-state index contributed by atoms with van der Waals surface area (Å²) >= 11 is 0. The van der Waals surface area contributed by atoms with Gasteiger partial charge >= 0.3 is 0 Å². The van der Waals surface area contributed by atoms with Gasteiger partial charge in [0.05, 0.1) is 11.6 Å². The number of Topliss-reactive ketones (excluding diaryl/α,β-unsaturated/α-hetero) is 2. The first-order valence-electron chi connectivity index (χ1n) is 12.8. The van der Waals surface area contributed by atoms with Crippen molar-refractivity contribution in [3.63, 3.8) is 0 Å². The number of amides is 1. The van der Waals surface area contributed by atoms with E-state index in [0.29, 0.717) is 5.56 Å². The Labute approximate surface area is 225 Å². The van der Waals surface area contributed by atoms with Crippen LogP contribution in [0.1, 0.15) is 61.2 Å². The molecule has 10 nitrogen and oxygen atoms in total. The van der Waals surface area contributed by atoms with Crippen molar-refractivity contribution in [1.82, 2.24) is 9.80 Å². The fraction of sp³-hybridized carbons (Fsp3) is 0.536. The van der Waals surface area contributed by atoms with E-state index in [-0.39, 0.29) is 59.5 Å². The van der Waals surface area contributed by atoms with Crippen molar-refractivity contribution in [2.75, 3.05) is 14.1 Å². The number of aromatic hydroxyl groups is 1. The Morgan fingerprint density at radius 2 is 1.69 bits per heavy atom. The third-order valence-electron chi connectivity index (χ3n) is 9.09. The maximum absolute atomic E-state index is 16.1. The lowest BCUT2D eigenvalue weighted by atomic mass is 9.53. The molecule has 3 aliphatic carbocycles. The summed E-state index contributed by atoms with van der Waals surface area (Å²) in [5.41, 5.74) is 0.131. The van der Waals surface area contributed by atoms with Crippen molar-refractivity contribution in [2.24, 2.45) is 17.1 Å². The van der Waals surface area contributed by atoms with Crippen LogP contribution in [0.5, 0.6) is 5.75 Å². The number of carbonyl (C=O) groups excluding carboxylic acids is 3. The third kappa shape index (κ3) is 3.39. The summed E-state index contributed by atoms with van der Waals surface area (Å²) in [6.45, 7) is 7.96. The molecule has 0 bridgehead atoms. The Hall–Kier alpha value is -3.28. The molecule has 1 aromatic rings. The van der Waals surface area contributed by atoms with Gasteiger partial charge in [-0.15, -0.1) is 0 Å². The lowest BCUT2D eigenvalue weighted by Crippen LogP contribution is -2.65. The number of fused-ring (bicyclic) bond motifs is 4. The molecule has 6 N–H and O–H groups in total. The first-order chi connectivity index (χ1) is 17.9. The van der Waals surface area contributed by atoms with E-state index < -0.39 is 63.4 Å². The fourth-order valence-corrected chi connectivity index (χ4v) is 7.07. The van der Waals surface area contributed by atoms with E-state index >= 15 is 4.39 Å². The predicted molar refractivity (Wildman–Crippen MR) is 137 cm³/mol. The number of likely N-dealkylation sites (N-methyl/N-ethyl adjacent to an activating group) is 1. The Morgan fingerprint density at radius 1 is 1.10 bits per heavy atom. The van der Waals surface area contributed by atoms with Gasteiger partial charge in [-0.3, -0.25) is 24.2 Å². The van der Waals surface area contributed by atoms with Crippen molar-refractivity contribution in [2.45, 2.75) is 70.8 Å². The van der Waals surface area contributed by atoms with Crippen molar-refractivity contribution in [3.8, 4) is 5.75 Å². The maximum Gasteiger partial charge on any atom is 0.255 e. The van der Waals surface area contributed by atoms with E-state index in [0.717, 1.165) is 0 Å². The highest BCUT2D eigenvalue weighted by molar-refractivity contribution is 6.25. The van der Waals surface area contributed by atoms with Crippen LogP contribution in [0.25, 0.3) is 0 Å². The van der Waals surface area contributed by atoms with Gasteiger partial charge in [-0.25, -0.2) is 4.39 Å². The summed E-state index contributed by atoms with van der Waals surface area (Å²) in [7, 11) is 3.11. The number of primary amides is 1. The molecule has 11 heteroatoms. The standard InChI is InChI=1S/C28H34FN3O7/c1-26(2,3)32-9-12-13(10-32)20(33)15-11(18(12)29)7-27(4)8-14-19(31(5)6)22(35)16(25(30)38)23(36)28(14,39)24(37)17(27)21(15)34/h14,19,33,35,37,39H,7-10H2,1-6H3,(H2,30,38)/t14-,19-,27-,28+/m0/s1. The minimum atomic E-state index is -2.75. The van der Waals surface area contributed by atoms with Gasteiger partial charge < -0.3 is 26.2 Å². The third-order valence-corrected chi connectivity index (χ3v) is 9.09. The molecular weight excluding hydrogens is 509 g/mol. The summed E-state index contributed by atoms with van der Waals surface area (Å²) in [6, 6.07) is -1.12. The highest BCUT2D eigenvalue weighted by atomic mass is 19.1. The number of allylic oxidation sites excluding steroid dienone is 1. The van der Waals surface area contributed by atoms with Crippen LogP contribution in [0.2, 0.25) is 0 Å².